The van der Waals surface area contributed by atoms with Crippen molar-refractivity contribution in [3.63, 3.8) is 0 Å². The standard InChI is InChI=1S/C11H21N3O4/c1-3-4-5-7(2)13-11(18)14-8(10(16)17)6-9(12)15/h7-8H,3-6H2,1-2H3,(H2,12,15)(H,16,17)(H2,13,14,18). The zero-order chi connectivity index (χ0) is 14.1. The van der Waals surface area contributed by atoms with Gasteiger partial charge in [-0.25, -0.2) is 9.59 Å². The summed E-state index contributed by atoms with van der Waals surface area (Å²) in [5, 5.41) is 13.6. The van der Waals surface area contributed by atoms with Crippen molar-refractivity contribution < 1.29 is 19.5 Å². The minimum atomic E-state index is -1.29. The van der Waals surface area contributed by atoms with Gasteiger partial charge in [-0.3, -0.25) is 4.79 Å². The number of hydrogen-bond acceptors (Lipinski definition) is 3. The number of carboxylic acids is 1. The molecule has 0 aliphatic carbocycles. The van der Waals surface area contributed by atoms with E-state index in [1.54, 1.807) is 0 Å². The van der Waals surface area contributed by atoms with E-state index in [0.717, 1.165) is 19.3 Å². The third-order valence-electron chi connectivity index (χ3n) is 2.38. The van der Waals surface area contributed by atoms with Crippen molar-refractivity contribution in [3.05, 3.63) is 0 Å². The van der Waals surface area contributed by atoms with Gasteiger partial charge in [-0.1, -0.05) is 19.8 Å². The molecule has 0 saturated carbocycles. The zero-order valence-electron chi connectivity index (χ0n) is 10.7. The van der Waals surface area contributed by atoms with E-state index >= 15 is 0 Å². The first kappa shape index (κ1) is 16.2. The van der Waals surface area contributed by atoms with E-state index in [4.69, 9.17) is 10.8 Å². The summed E-state index contributed by atoms with van der Waals surface area (Å²) < 4.78 is 0. The summed E-state index contributed by atoms with van der Waals surface area (Å²) in [5.41, 5.74) is 4.90. The summed E-state index contributed by atoms with van der Waals surface area (Å²) >= 11 is 0. The lowest BCUT2D eigenvalue weighted by Crippen LogP contribution is -2.49. The molecule has 104 valence electrons. The molecule has 0 heterocycles. The van der Waals surface area contributed by atoms with E-state index in [2.05, 4.69) is 10.6 Å². The predicted octanol–water partition coefficient (Wildman–Crippen LogP) is 0.193. The van der Waals surface area contributed by atoms with Crippen molar-refractivity contribution in [2.24, 2.45) is 5.73 Å². The third-order valence-corrected chi connectivity index (χ3v) is 2.38. The van der Waals surface area contributed by atoms with Crippen molar-refractivity contribution in [3.8, 4) is 0 Å². The second-order valence-corrected chi connectivity index (χ2v) is 4.22. The van der Waals surface area contributed by atoms with Crippen LogP contribution in [0.3, 0.4) is 0 Å². The summed E-state index contributed by atoms with van der Waals surface area (Å²) in [7, 11) is 0. The molecule has 0 radical (unpaired) electrons. The van der Waals surface area contributed by atoms with Gasteiger partial charge in [0, 0.05) is 6.04 Å². The second kappa shape index (κ2) is 8.32. The maximum Gasteiger partial charge on any atom is 0.326 e. The monoisotopic (exact) mass is 259 g/mol. The molecule has 0 aliphatic heterocycles. The van der Waals surface area contributed by atoms with Gasteiger partial charge in [0.15, 0.2) is 0 Å². The summed E-state index contributed by atoms with van der Waals surface area (Å²) in [5.74, 6) is -2.06. The lowest BCUT2D eigenvalue weighted by molar-refractivity contribution is -0.140. The maximum absolute atomic E-state index is 11.5. The molecular formula is C11H21N3O4. The Morgan fingerprint density at radius 1 is 1.28 bits per heavy atom. The molecule has 3 amide bonds. The van der Waals surface area contributed by atoms with E-state index in [1.807, 2.05) is 13.8 Å². The molecule has 0 aromatic rings. The number of unbranched alkanes of at least 4 members (excludes halogenated alkanes) is 1. The Hall–Kier alpha value is -1.79. The fraction of sp³-hybridized carbons (Fsp3) is 0.727. The quantitative estimate of drug-likeness (QED) is 0.497. The Kier molecular flexibility index (Phi) is 7.50. The number of carboxylic acid groups (broad SMARTS) is 1. The number of nitrogens with two attached hydrogens (primary N) is 1. The molecular weight excluding hydrogens is 238 g/mol. The number of rotatable bonds is 8. The molecule has 7 nitrogen and oxygen atoms in total. The third kappa shape index (κ3) is 7.48. The van der Waals surface area contributed by atoms with Crippen LogP contribution in [0, 0.1) is 0 Å². The SMILES string of the molecule is CCCCC(C)NC(=O)NC(CC(N)=O)C(=O)O. The maximum atomic E-state index is 11.5. The number of aliphatic carboxylic acids is 1. The Balaban J connectivity index is 4.17. The van der Waals surface area contributed by atoms with Crippen molar-refractivity contribution in [1.82, 2.24) is 10.6 Å². The van der Waals surface area contributed by atoms with Crippen LogP contribution in [0.4, 0.5) is 4.79 Å². The van der Waals surface area contributed by atoms with Gasteiger partial charge in [0.05, 0.1) is 6.42 Å². The van der Waals surface area contributed by atoms with Gasteiger partial charge in [0.2, 0.25) is 5.91 Å². The molecule has 5 N–H and O–H groups in total. The van der Waals surface area contributed by atoms with Crippen molar-refractivity contribution >= 4 is 17.9 Å². The smallest absolute Gasteiger partial charge is 0.326 e. The Morgan fingerprint density at radius 3 is 2.33 bits per heavy atom. The van der Waals surface area contributed by atoms with Crippen LogP contribution in [0.2, 0.25) is 0 Å². The van der Waals surface area contributed by atoms with Gasteiger partial charge in [-0.05, 0) is 13.3 Å². The Morgan fingerprint density at radius 2 is 1.89 bits per heavy atom. The van der Waals surface area contributed by atoms with Crippen LogP contribution in [0.5, 0.6) is 0 Å². The molecule has 2 unspecified atom stereocenters. The first-order valence-corrected chi connectivity index (χ1v) is 5.95. The number of hydrogen-bond donors (Lipinski definition) is 4. The van der Waals surface area contributed by atoms with Crippen LogP contribution in [0.15, 0.2) is 0 Å². The van der Waals surface area contributed by atoms with Gasteiger partial charge in [0.1, 0.15) is 6.04 Å². The zero-order valence-corrected chi connectivity index (χ0v) is 10.7. The van der Waals surface area contributed by atoms with Crippen LogP contribution in [0.1, 0.15) is 39.5 Å². The number of carbonyl (C=O) groups is 3. The molecule has 0 aliphatic rings. The minimum Gasteiger partial charge on any atom is -0.480 e. The molecule has 18 heavy (non-hydrogen) atoms. The van der Waals surface area contributed by atoms with Gasteiger partial charge in [-0.2, -0.15) is 0 Å². The summed E-state index contributed by atoms with van der Waals surface area (Å²) in [6.07, 6.45) is 2.39. The van der Waals surface area contributed by atoms with Crippen LogP contribution in [0.25, 0.3) is 0 Å². The van der Waals surface area contributed by atoms with Crippen LogP contribution >= 0.6 is 0 Å². The lowest BCUT2D eigenvalue weighted by atomic mass is 10.1. The number of amides is 3. The largest absolute Gasteiger partial charge is 0.480 e. The van der Waals surface area contributed by atoms with E-state index in [1.165, 1.54) is 0 Å². The van der Waals surface area contributed by atoms with Gasteiger partial charge in [0.25, 0.3) is 0 Å². The molecule has 0 aromatic heterocycles. The number of urea groups is 1. The van der Waals surface area contributed by atoms with Gasteiger partial charge in [-0.15, -0.1) is 0 Å². The summed E-state index contributed by atoms with van der Waals surface area (Å²) in [6.45, 7) is 3.87. The average Bonchev–Trinajstić information content (AvgIpc) is 2.24. The van der Waals surface area contributed by atoms with Gasteiger partial charge >= 0.3 is 12.0 Å². The normalized spacial score (nSPS) is 13.4. The summed E-state index contributed by atoms with van der Waals surface area (Å²) in [4.78, 5) is 32.9. The fourth-order valence-electron chi connectivity index (χ4n) is 1.41. The van der Waals surface area contributed by atoms with Crippen molar-refractivity contribution in [1.29, 1.82) is 0 Å². The first-order chi connectivity index (χ1) is 8.36. The highest BCUT2D eigenvalue weighted by Crippen LogP contribution is 1.99. The molecule has 7 heteroatoms. The lowest BCUT2D eigenvalue weighted by Gasteiger charge is -2.17. The average molecular weight is 259 g/mol. The molecule has 0 bridgehead atoms. The molecule has 0 aromatic carbocycles. The summed E-state index contributed by atoms with van der Waals surface area (Å²) in [6, 6.07) is -1.94. The van der Waals surface area contributed by atoms with Crippen LogP contribution < -0.4 is 16.4 Å². The predicted molar refractivity (Wildman–Crippen MR) is 65.9 cm³/mol. The number of carbonyl (C=O) groups excluding carboxylic acids is 2. The van der Waals surface area contributed by atoms with E-state index in [-0.39, 0.29) is 6.04 Å². The highest BCUT2D eigenvalue weighted by molar-refractivity contribution is 5.87. The number of primary amides is 1. The second-order valence-electron chi connectivity index (χ2n) is 4.22. The van der Waals surface area contributed by atoms with Crippen LogP contribution in [-0.4, -0.2) is 35.1 Å². The fourth-order valence-corrected chi connectivity index (χ4v) is 1.41. The highest BCUT2D eigenvalue weighted by Gasteiger charge is 2.22. The molecule has 0 saturated heterocycles. The Bertz CT molecular complexity index is 307. The highest BCUT2D eigenvalue weighted by atomic mass is 16.4. The van der Waals surface area contributed by atoms with E-state index in [9.17, 15) is 14.4 Å². The Labute approximate surface area is 106 Å². The topological polar surface area (TPSA) is 122 Å². The molecule has 2 atom stereocenters. The van der Waals surface area contributed by atoms with Crippen molar-refractivity contribution in [2.75, 3.05) is 0 Å². The van der Waals surface area contributed by atoms with Crippen LogP contribution in [-0.2, 0) is 9.59 Å². The number of nitrogens with one attached hydrogen (secondary N) is 2. The van der Waals surface area contributed by atoms with Gasteiger partial charge < -0.3 is 21.5 Å². The van der Waals surface area contributed by atoms with E-state index in [0.29, 0.717) is 0 Å². The minimum absolute atomic E-state index is 0.0482. The molecule has 0 fully saturated rings. The van der Waals surface area contributed by atoms with Crippen molar-refractivity contribution in [2.45, 2.75) is 51.6 Å². The van der Waals surface area contributed by atoms with E-state index < -0.39 is 30.4 Å². The first-order valence-electron chi connectivity index (χ1n) is 5.95. The molecule has 0 rings (SSSR count). The molecule has 0 spiro atoms.